The van der Waals surface area contributed by atoms with Gasteiger partial charge in [0.25, 0.3) is 0 Å². The Bertz CT molecular complexity index is 610. The number of allylic oxidation sites excluding steroid dienone is 1. The Kier molecular flexibility index (Phi) is 7.69. The van der Waals surface area contributed by atoms with E-state index in [1.54, 1.807) is 0 Å². The van der Waals surface area contributed by atoms with Crippen LogP contribution in [0.15, 0.2) is 23.6 Å². The third kappa shape index (κ3) is 5.10. The van der Waals surface area contributed by atoms with Gasteiger partial charge in [-0.25, -0.2) is 0 Å². The second kappa shape index (κ2) is 10.2. The van der Waals surface area contributed by atoms with E-state index in [0.29, 0.717) is 5.92 Å². The van der Waals surface area contributed by atoms with Gasteiger partial charge in [0.1, 0.15) is 0 Å². The molecule has 4 rings (SSSR count). The SMILES string of the molecule is CC.CC1CC2C(c3cn[nH]c3)=CN=C2CC1CCCCN1CCCCC1. The molecule has 0 amide bonds. The second-order valence-corrected chi connectivity index (χ2v) is 8.32. The minimum absolute atomic E-state index is 0.539. The fraction of sp³-hybridized carbons (Fsp3) is 0.739. The Morgan fingerprint density at radius 3 is 2.70 bits per heavy atom. The van der Waals surface area contributed by atoms with Gasteiger partial charge < -0.3 is 4.90 Å². The van der Waals surface area contributed by atoms with Crippen LogP contribution in [0.4, 0.5) is 0 Å². The van der Waals surface area contributed by atoms with Gasteiger partial charge in [0.15, 0.2) is 0 Å². The van der Waals surface area contributed by atoms with Crippen molar-refractivity contribution in [1.82, 2.24) is 15.1 Å². The van der Waals surface area contributed by atoms with Crippen LogP contribution in [-0.4, -0.2) is 40.4 Å². The molecule has 0 bridgehead atoms. The maximum absolute atomic E-state index is 4.79. The molecule has 3 heterocycles. The number of unbranched alkanes of at least 4 members (excludes halogenated alkanes) is 1. The maximum atomic E-state index is 4.79. The number of aromatic nitrogens is 2. The quantitative estimate of drug-likeness (QED) is 0.667. The fourth-order valence-corrected chi connectivity index (χ4v) is 5.00. The van der Waals surface area contributed by atoms with Gasteiger partial charge in [-0.1, -0.05) is 33.6 Å². The first-order valence-electron chi connectivity index (χ1n) is 11.3. The molecule has 2 aliphatic heterocycles. The van der Waals surface area contributed by atoms with E-state index in [-0.39, 0.29) is 0 Å². The highest BCUT2D eigenvalue weighted by atomic mass is 15.1. The van der Waals surface area contributed by atoms with Crippen LogP contribution >= 0.6 is 0 Å². The molecule has 3 atom stereocenters. The van der Waals surface area contributed by atoms with Crippen LogP contribution in [0.25, 0.3) is 5.57 Å². The predicted octanol–water partition coefficient (Wildman–Crippen LogP) is 5.55. The summed E-state index contributed by atoms with van der Waals surface area (Å²) >= 11 is 0. The van der Waals surface area contributed by atoms with Crippen LogP contribution < -0.4 is 0 Å². The molecule has 1 saturated heterocycles. The number of H-pyrrole nitrogens is 1. The number of nitrogens with one attached hydrogen (secondary N) is 1. The Hall–Kier alpha value is -1.42. The van der Waals surface area contributed by atoms with Crippen molar-refractivity contribution in [3.05, 3.63) is 24.2 Å². The highest BCUT2D eigenvalue weighted by molar-refractivity contribution is 6.01. The van der Waals surface area contributed by atoms with Crippen LogP contribution in [-0.2, 0) is 0 Å². The average molecular weight is 371 g/mol. The Morgan fingerprint density at radius 1 is 1.15 bits per heavy atom. The number of hydrogen-bond donors (Lipinski definition) is 1. The van der Waals surface area contributed by atoms with E-state index in [1.165, 1.54) is 87.8 Å². The summed E-state index contributed by atoms with van der Waals surface area (Å²) < 4.78 is 0. The van der Waals surface area contributed by atoms with Crippen molar-refractivity contribution >= 4 is 11.3 Å². The zero-order valence-electron chi connectivity index (χ0n) is 17.6. The van der Waals surface area contributed by atoms with E-state index in [0.717, 1.165) is 11.8 Å². The van der Waals surface area contributed by atoms with Crippen molar-refractivity contribution < 1.29 is 0 Å². The highest BCUT2D eigenvalue weighted by Gasteiger charge is 2.36. The van der Waals surface area contributed by atoms with Crippen LogP contribution in [0.1, 0.15) is 77.7 Å². The monoisotopic (exact) mass is 370 g/mol. The second-order valence-electron chi connectivity index (χ2n) is 8.32. The van der Waals surface area contributed by atoms with Crippen molar-refractivity contribution in [2.75, 3.05) is 19.6 Å². The van der Waals surface area contributed by atoms with Gasteiger partial charge in [-0.15, -0.1) is 0 Å². The van der Waals surface area contributed by atoms with E-state index < -0.39 is 0 Å². The van der Waals surface area contributed by atoms with E-state index in [9.17, 15) is 0 Å². The minimum atomic E-state index is 0.539. The van der Waals surface area contributed by atoms with E-state index in [4.69, 9.17) is 4.99 Å². The van der Waals surface area contributed by atoms with Gasteiger partial charge >= 0.3 is 0 Å². The normalized spacial score (nSPS) is 28.0. The lowest BCUT2D eigenvalue weighted by molar-refractivity contribution is 0.217. The topological polar surface area (TPSA) is 44.3 Å². The molecule has 2 fully saturated rings. The highest BCUT2D eigenvalue weighted by Crippen LogP contribution is 2.43. The molecular weight excluding hydrogens is 332 g/mol. The molecular formula is C23H38N4. The lowest BCUT2D eigenvalue weighted by Gasteiger charge is -2.34. The number of likely N-dealkylation sites (tertiary alicyclic amines) is 1. The maximum Gasteiger partial charge on any atom is 0.0563 e. The van der Waals surface area contributed by atoms with Gasteiger partial charge in [0.05, 0.1) is 6.20 Å². The van der Waals surface area contributed by atoms with E-state index in [1.807, 2.05) is 26.2 Å². The van der Waals surface area contributed by atoms with Crippen molar-refractivity contribution in [3.8, 4) is 0 Å². The predicted molar refractivity (Wildman–Crippen MR) is 115 cm³/mol. The number of rotatable bonds is 6. The van der Waals surface area contributed by atoms with Gasteiger partial charge in [-0.3, -0.25) is 10.1 Å². The summed E-state index contributed by atoms with van der Waals surface area (Å²) in [5, 5.41) is 7.04. The van der Waals surface area contributed by atoms with Crippen LogP contribution in [0.3, 0.4) is 0 Å². The molecule has 1 aromatic rings. The largest absolute Gasteiger partial charge is 0.303 e. The Balaban J connectivity index is 0.00000102. The van der Waals surface area contributed by atoms with E-state index in [2.05, 4.69) is 28.2 Å². The van der Waals surface area contributed by atoms with Crippen molar-refractivity contribution in [3.63, 3.8) is 0 Å². The molecule has 0 aromatic carbocycles. The summed E-state index contributed by atoms with van der Waals surface area (Å²) in [6, 6.07) is 0. The molecule has 4 nitrogen and oxygen atoms in total. The standard InChI is InChI=1S/C21H32N4.C2H6/c1-16-11-19-20(18-13-23-24-14-18)15-22-21(19)12-17(16)7-3-6-10-25-8-4-2-5-9-25;1-2/h13-17,19H,2-12H2,1H3,(H,23,24);1-2H3. The number of nitrogens with zero attached hydrogens (tertiary/aromatic N) is 3. The summed E-state index contributed by atoms with van der Waals surface area (Å²) in [6.45, 7) is 10.4. The van der Waals surface area contributed by atoms with Crippen molar-refractivity contribution in [2.45, 2.75) is 72.1 Å². The Labute approximate surface area is 165 Å². The molecule has 0 spiro atoms. The number of aromatic amines is 1. The fourth-order valence-electron chi connectivity index (χ4n) is 5.00. The summed E-state index contributed by atoms with van der Waals surface area (Å²) in [5.74, 6) is 2.16. The summed E-state index contributed by atoms with van der Waals surface area (Å²) in [4.78, 5) is 7.46. The van der Waals surface area contributed by atoms with Crippen LogP contribution in [0, 0.1) is 17.8 Å². The summed E-state index contributed by atoms with van der Waals surface area (Å²) in [7, 11) is 0. The number of fused-ring (bicyclic) bond motifs is 1. The lowest BCUT2D eigenvalue weighted by atomic mass is 9.70. The summed E-state index contributed by atoms with van der Waals surface area (Å²) in [5.41, 5.74) is 4.02. The zero-order chi connectivity index (χ0) is 19.1. The third-order valence-corrected chi connectivity index (χ3v) is 6.61. The van der Waals surface area contributed by atoms with Gasteiger partial charge in [-0.2, -0.15) is 5.10 Å². The first kappa shape index (κ1) is 20.3. The van der Waals surface area contributed by atoms with Crippen LogP contribution in [0.2, 0.25) is 0 Å². The minimum Gasteiger partial charge on any atom is -0.303 e. The molecule has 3 unspecified atom stereocenters. The molecule has 1 aromatic heterocycles. The van der Waals surface area contributed by atoms with E-state index >= 15 is 0 Å². The first-order valence-corrected chi connectivity index (χ1v) is 11.3. The van der Waals surface area contributed by atoms with Gasteiger partial charge in [0, 0.05) is 29.6 Å². The van der Waals surface area contributed by atoms with Crippen molar-refractivity contribution in [2.24, 2.45) is 22.7 Å². The molecule has 4 heteroatoms. The average Bonchev–Trinajstić information content (AvgIpc) is 3.37. The lowest BCUT2D eigenvalue weighted by Crippen LogP contribution is -2.31. The Morgan fingerprint density at radius 2 is 1.96 bits per heavy atom. The van der Waals surface area contributed by atoms with Crippen molar-refractivity contribution in [1.29, 1.82) is 0 Å². The number of aliphatic imine (C=N–C) groups is 1. The third-order valence-electron chi connectivity index (χ3n) is 6.61. The molecule has 150 valence electrons. The van der Waals surface area contributed by atoms with Gasteiger partial charge in [0.2, 0.25) is 0 Å². The summed E-state index contributed by atoms with van der Waals surface area (Å²) in [6.07, 6.45) is 16.9. The molecule has 0 radical (unpaired) electrons. The zero-order valence-corrected chi connectivity index (χ0v) is 17.6. The number of piperidine rings is 1. The number of hydrogen-bond acceptors (Lipinski definition) is 3. The first-order chi connectivity index (χ1) is 13.3. The molecule has 3 aliphatic rings. The van der Waals surface area contributed by atoms with Crippen LogP contribution in [0.5, 0.6) is 0 Å². The molecule has 27 heavy (non-hydrogen) atoms. The van der Waals surface area contributed by atoms with Gasteiger partial charge in [-0.05, 0) is 75.6 Å². The smallest absolute Gasteiger partial charge is 0.0563 e. The molecule has 1 aliphatic carbocycles. The molecule has 1 N–H and O–H groups in total. The molecule has 1 saturated carbocycles.